The highest BCUT2D eigenvalue weighted by Crippen LogP contribution is 2.07. The highest BCUT2D eigenvalue weighted by molar-refractivity contribution is 14.1. The van der Waals surface area contributed by atoms with Gasteiger partial charge >= 0.3 is 0 Å². The minimum absolute atomic E-state index is 0.292. The fourth-order valence-electron chi connectivity index (χ4n) is 0.981. The summed E-state index contributed by atoms with van der Waals surface area (Å²) in [7, 11) is 0. The van der Waals surface area contributed by atoms with Gasteiger partial charge in [-0.05, 0) is 47.7 Å². The van der Waals surface area contributed by atoms with Crippen molar-refractivity contribution >= 4 is 34.4 Å². The number of nitrogens with one attached hydrogen (secondary N) is 1. The maximum Gasteiger partial charge on any atom is 0.251 e. The van der Waals surface area contributed by atoms with Crippen LogP contribution in [0.2, 0.25) is 0 Å². The molecule has 1 aromatic carbocycles. The number of benzene rings is 1. The number of primary amides is 1. The molecule has 15 heavy (non-hydrogen) atoms. The Labute approximate surface area is 101 Å². The Morgan fingerprint density at radius 2 is 2.13 bits per heavy atom. The minimum Gasteiger partial charge on any atom is -0.368 e. The maximum atomic E-state index is 11.6. The fourth-order valence-corrected chi connectivity index (χ4v) is 1.52. The number of carbonyl (C=O) groups excluding carboxylic acids is 2. The first kappa shape index (κ1) is 12.0. The van der Waals surface area contributed by atoms with Gasteiger partial charge in [-0.25, -0.2) is 0 Å². The van der Waals surface area contributed by atoms with Gasteiger partial charge in [0, 0.05) is 9.13 Å². The van der Waals surface area contributed by atoms with Gasteiger partial charge in [0.1, 0.15) is 6.04 Å². The van der Waals surface area contributed by atoms with Crippen molar-refractivity contribution in [2.75, 3.05) is 0 Å². The van der Waals surface area contributed by atoms with Crippen LogP contribution in [0.15, 0.2) is 24.3 Å². The molecular formula is C10H11IN2O2. The SMILES string of the molecule is C[C@@H](NC(=O)c1cccc(I)c1)C(N)=O. The van der Waals surface area contributed by atoms with Gasteiger partial charge in [0.05, 0.1) is 0 Å². The van der Waals surface area contributed by atoms with Crippen LogP contribution in [0.5, 0.6) is 0 Å². The number of rotatable bonds is 3. The van der Waals surface area contributed by atoms with E-state index in [1.54, 1.807) is 25.1 Å². The standard InChI is InChI=1S/C10H11IN2O2/c1-6(9(12)14)13-10(15)7-3-2-4-8(11)5-7/h2-6H,1H3,(H2,12,14)(H,13,15)/t6-/m1/s1. The number of hydrogen-bond donors (Lipinski definition) is 2. The number of halogens is 1. The average Bonchev–Trinajstić information content (AvgIpc) is 2.17. The summed E-state index contributed by atoms with van der Waals surface area (Å²) in [4.78, 5) is 22.3. The van der Waals surface area contributed by atoms with Gasteiger partial charge in [0.15, 0.2) is 0 Å². The quantitative estimate of drug-likeness (QED) is 0.813. The van der Waals surface area contributed by atoms with E-state index in [4.69, 9.17) is 5.73 Å². The normalized spacial score (nSPS) is 11.9. The molecule has 0 saturated heterocycles. The molecule has 0 spiro atoms. The Morgan fingerprint density at radius 1 is 1.47 bits per heavy atom. The van der Waals surface area contributed by atoms with E-state index >= 15 is 0 Å². The van der Waals surface area contributed by atoms with E-state index in [9.17, 15) is 9.59 Å². The zero-order chi connectivity index (χ0) is 11.4. The molecule has 0 saturated carbocycles. The first-order valence-corrected chi connectivity index (χ1v) is 5.44. The van der Waals surface area contributed by atoms with E-state index in [2.05, 4.69) is 27.9 Å². The molecule has 2 amide bonds. The Kier molecular flexibility index (Phi) is 4.07. The lowest BCUT2D eigenvalue weighted by atomic mass is 10.2. The summed E-state index contributed by atoms with van der Waals surface area (Å²) in [6.07, 6.45) is 0. The molecule has 1 aromatic rings. The summed E-state index contributed by atoms with van der Waals surface area (Å²) in [6.45, 7) is 1.55. The molecule has 0 aliphatic carbocycles. The highest BCUT2D eigenvalue weighted by Gasteiger charge is 2.13. The molecule has 3 N–H and O–H groups in total. The van der Waals surface area contributed by atoms with Crippen LogP contribution in [0.4, 0.5) is 0 Å². The Balaban J connectivity index is 2.73. The first-order chi connectivity index (χ1) is 7.00. The first-order valence-electron chi connectivity index (χ1n) is 4.36. The van der Waals surface area contributed by atoms with Gasteiger partial charge in [0.2, 0.25) is 5.91 Å². The molecule has 5 heteroatoms. The van der Waals surface area contributed by atoms with Crippen LogP contribution in [0.1, 0.15) is 17.3 Å². The molecule has 1 rings (SSSR count). The molecule has 0 aromatic heterocycles. The Bertz CT molecular complexity index is 393. The van der Waals surface area contributed by atoms with Crippen LogP contribution < -0.4 is 11.1 Å². The molecule has 0 heterocycles. The van der Waals surface area contributed by atoms with Crippen molar-refractivity contribution < 1.29 is 9.59 Å². The lowest BCUT2D eigenvalue weighted by Gasteiger charge is -2.09. The third kappa shape index (κ3) is 3.50. The third-order valence-electron chi connectivity index (χ3n) is 1.86. The van der Waals surface area contributed by atoms with Crippen molar-refractivity contribution in [1.82, 2.24) is 5.32 Å². The molecule has 0 aliphatic rings. The largest absolute Gasteiger partial charge is 0.368 e. The van der Waals surface area contributed by atoms with Gasteiger partial charge in [-0.2, -0.15) is 0 Å². The van der Waals surface area contributed by atoms with Crippen LogP contribution in [0.3, 0.4) is 0 Å². The van der Waals surface area contributed by atoms with Crippen molar-refractivity contribution in [1.29, 1.82) is 0 Å². The van der Waals surface area contributed by atoms with E-state index in [-0.39, 0.29) is 5.91 Å². The molecule has 80 valence electrons. The van der Waals surface area contributed by atoms with Gasteiger partial charge in [-0.15, -0.1) is 0 Å². The zero-order valence-corrected chi connectivity index (χ0v) is 10.3. The lowest BCUT2D eigenvalue weighted by molar-refractivity contribution is -0.119. The van der Waals surface area contributed by atoms with Crippen molar-refractivity contribution in [2.24, 2.45) is 5.73 Å². The molecule has 0 unspecified atom stereocenters. The van der Waals surface area contributed by atoms with E-state index in [1.165, 1.54) is 0 Å². The smallest absolute Gasteiger partial charge is 0.251 e. The van der Waals surface area contributed by atoms with Crippen LogP contribution in [-0.4, -0.2) is 17.9 Å². The Morgan fingerprint density at radius 3 is 2.67 bits per heavy atom. The summed E-state index contributed by atoms with van der Waals surface area (Å²) in [5.74, 6) is -0.839. The number of carbonyl (C=O) groups is 2. The predicted molar refractivity (Wildman–Crippen MR) is 65.3 cm³/mol. The summed E-state index contributed by atoms with van der Waals surface area (Å²) in [6, 6.07) is 6.44. The lowest BCUT2D eigenvalue weighted by Crippen LogP contribution is -2.42. The minimum atomic E-state index is -0.657. The monoisotopic (exact) mass is 318 g/mol. The van der Waals surface area contributed by atoms with Crippen molar-refractivity contribution in [3.05, 3.63) is 33.4 Å². The van der Waals surface area contributed by atoms with E-state index in [1.807, 2.05) is 6.07 Å². The van der Waals surface area contributed by atoms with E-state index < -0.39 is 11.9 Å². The van der Waals surface area contributed by atoms with E-state index in [0.29, 0.717) is 5.56 Å². The van der Waals surface area contributed by atoms with Gasteiger partial charge in [-0.1, -0.05) is 6.07 Å². The third-order valence-corrected chi connectivity index (χ3v) is 2.53. The van der Waals surface area contributed by atoms with Crippen LogP contribution in [-0.2, 0) is 4.79 Å². The summed E-state index contributed by atoms with van der Waals surface area (Å²) in [5.41, 5.74) is 5.56. The topological polar surface area (TPSA) is 72.2 Å². The van der Waals surface area contributed by atoms with Crippen LogP contribution in [0, 0.1) is 3.57 Å². The highest BCUT2D eigenvalue weighted by atomic mass is 127. The number of hydrogen-bond acceptors (Lipinski definition) is 2. The van der Waals surface area contributed by atoms with Crippen LogP contribution in [0.25, 0.3) is 0 Å². The molecule has 4 nitrogen and oxygen atoms in total. The summed E-state index contributed by atoms with van der Waals surface area (Å²) >= 11 is 2.11. The summed E-state index contributed by atoms with van der Waals surface area (Å²) in [5, 5.41) is 2.51. The van der Waals surface area contributed by atoms with Crippen LogP contribution >= 0.6 is 22.6 Å². The predicted octanol–water partition coefficient (Wildman–Crippen LogP) is 0.895. The van der Waals surface area contributed by atoms with Crippen molar-refractivity contribution in [2.45, 2.75) is 13.0 Å². The number of nitrogens with two attached hydrogens (primary N) is 1. The molecular weight excluding hydrogens is 307 g/mol. The second-order valence-corrected chi connectivity index (χ2v) is 4.35. The zero-order valence-electron chi connectivity index (χ0n) is 8.16. The van der Waals surface area contributed by atoms with Gasteiger partial charge in [0.25, 0.3) is 5.91 Å². The number of amides is 2. The average molecular weight is 318 g/mol. The van der Waals surface area contributed by atoms with Gasteiger partial charge in [-0.3, -0.25) is 9.59 Å². The molecule has 0 aliphatic heterocycles. The van der Waals surface area contributed by atoms with Gasteiger partial charge < -0.3 is 11.1 Å². The molecule has 0 radical (unpaired) electrons. The summed E-state index contributed by atoms with van der Waals surface area (Å²) < 4.78 is 0.965. The van der Waals surface area contributed by atoms with Crippen molar-refractivity contribution in [3.8, 4) is 0 Å². The van der Waals surface area contributed by atoms with Crippen molar-refractivity contribution in [3.63, 3.8) is 0 Å². The molecule has 1 atom stereocenters. The second-order valence-electron chi connectivity index (χ2n) is 3.11. The second kappa shape index (κ2) is 5.11. The maximum absolute atomic E-state index is 11.6. The molecule has 0 fully saturated rings. The molecule has 0 bridgehead atoms. The fraction of sp³-hybridized carbons (Fsp3) is 0.200. The Hall–Kier alpha value is -1.11. The van der Waals surface area contributed by atoms with E-state index in [0.717, 1.165) is 3.57 Å².